The van der Waals surface area contributed by atoms with E-state index in [2.05, 4.69) is 0 Å². The minimum absolute atomic E-state index is 0.104. The molecule has 0 saturated carbocycles. The predicted octanol–water partition coefficient (Wildman–Crippen LogP) is 4.49. The zero-order chi connectivity index (χ0) is 22.9. The maximum absolute atomic E-state index is 13.7. The summed E-state index contributed by atoms with van der Waals surface area (Å²) in [6.07, 6.45) is -2.29. The number of rotatable bonds is 5. The van der Waals surface area contributed by atoms with Gasteiger partial charge in [-0.1, -0.05) is 55.2 Å². The van der Waals surface area contributed by atoms with Gasteiger partial charge in [0.25, 0.3) is 5.91 Å². The monoisotopic (exact) mass is 459 g/mol. The number of carbonyl (C=O) groups excluding carboxylic acids is 2. The molecule has 2 aromatic rings. The highest BCUT2D eigenvalue weighted by atomic mass is 35.5. The van der Waals surface area contributed by atoms with E-state index in [0.29, 0.717) is 33.4 Å². The van der Waals surface area contributed by atoms with Gasteiger partial charge in [-0.15, -0.1) is 0 Å². The Balaban J connectivity index is 2.31. The lowest BCUT2D eigenvalue weighted by atomic mass is 9.83. The Hall–Kier alpha value is -2.59. The molecule has 8 heteroatoms. The van der Waals surface area contributed by atoms with Crippen molar-refractivity contribution in [2.24, 2.45) is 17.1 Å². The van der Waals surface area contributed by atoms with Gasteiger partial charge in [-0.2, -0.15) is 5.26 Å². The van der Waals surface area contributed by atoms with Gasteiger partial charge in [-0.3, -0.25) is 9.59 Å². The Morgan fingerprint density at radius 3 is 2.52 bits per heavy atom. The van der Waals surface area contributed by atoms with Gasteiger partial charge >= 0.3 is 0 Å². The molecule has 2 aromatic carbocycles. The summed E-state index contributed by atoms with van der Waals surface area (Å²) in [6, 6.07) is 14.1. The van der Waals surface area contributed by atoms with Crippen LogP contribution in [0.25, 0.3) is 0 Å². The van der Waals surface area contributed by atoms with Crippen molar-refractivity contribution >= 4 is 40.7 Å². The third kappa shape index (κ3) is 4.27. The zero-order valence-electron chi connectivity index (χ0n) is 17.4. The number of anilines is 1. The van der Waals surface area contributed by atoms with E-state index in [9.17, 15) is 14.9 Å². The molecular weight excluding hydrogens is 437 g/mol. The van der Waals surface area contributed by atoms with E-state index >= 15 is 0 Å². The predicted molar refractivity (Wildman–Crippen MR) is 120 cm³/mol. The molecule has 0 bridgehead atoms. The molecule has 1 unspecified atom stereocenters. The highest BCUT2D eigenvalue weighted by Gasteiger charge is 2.51. The number of nitrogens with two attached hydrogens (primary N) is 1. The van der Waals surface area contributed by atoms with Crippen molar-refractivity contribution in [2.45, 2.75) is 33.0 Å². The van der Waals surface area contributed by atoms with Crippen LogP contribution < -0.4 is 10.6 Å². The van der Waals surface area contributed by atoms with Crippen LogP contribution in [0, 0.1) is 22.7 Å². The first-order valence-corrected chi connectivity index (χ1v) is 10.6. The van der Waals surface area contributed by atoms with Crippen molar-refractivity contribution in [1.29, 1.82) is 5.26 Å². The Kier molecular flexibility index (Phi) is 6.61. The molecule has 6 nitrogen and oxygen atoms in total. The van der Waals surface area contributed by atoms with Gasteiger partial charge in [0.15, 0.2) is 11.5 Å². The fourth-order valence-corrected chi connectivity index (χ4v) is 4.03. The molecule has 0 spiro atoms. The normalized spacial score (nSPS) is 20.5. The smallest absolute Gasteiger partial charge is 0.258 e. The van der Waals surface area contributed by atoms with E-state index in [1.807, 2.05) is 19.9 Å². The first kappa shape index (κ1) is 23.1. The maximum Gasteiger partial charge on any atom is 0.258 e. The van der Waals surface area contributed by atoms with Crippen molar-refractivity contribution in [3.63, 3.8) is 0 Å². The second-order valence-electron chi connectivity index (χ2n) is 8.14. The second kappa shape index (κ2) is 8.88. The maximum atomic E-state index is 13.7. The van der Waals surface area contributed by atoms with Gasteiger partial charge < -0.3 is 15.4 Å². The molecule has 0 saturated heterocycles. The van der Waals surface area contributed by atoms with Crippen LogP contribution >= 0.6 is 23.2 Å². The molecule has 2 N–H and O–H groups in total. The lowest BCUT2D eigenvalue weighted by Gasteiger charge is -2.32. The van der Waals surface area contributed by atoms with Crippen molar-refractivity contribution < 1.29 is 14.3 Å². The second-order valence-corrected chi connectivity index (χ2v) is 8.99. The molecule has 0 radical (unpaired) electrons. The first-order chi connectivity index (χ1) is 14.6. The SMILES string of the molecule is CC(C)CN1C(=O)[C@H](C(C)(C#N)C(N)=O)O[C@@H](c2ccccc2Cl)c2cc(Cl)ccc21. The highest BCUT2D eigenvalue weighted by Crippen LogP contribution is 2.44. The number of halogens is 2. The highest BCUT2D eigenvalue weighted by molar-refractivity contribution is 6.31. The van der Waals surface area contributed by atoms with Crippen LogP contribution in [0.4, 0.5) is 5.69 Å². The summed E-state index contributed by atoms with van der Waals surface area (Å²) in [7, 11) is 0. The molecule has 1 aliphatic rings. The Morgan fingerprint density at radius 2 is 1.94 bits per heavy atom. The summed E-state index contributed by atoms with van der Waals surface area (Å²) >= 11 is 12.8. The van der Waals surface area contributed by atoms with Gasteiger partial charge in [0.2, 0.25) is 5.91 Å². The molecular formula is C23H23Cl2N3O3. The van der Waals surface area contributed by atoms with Gasteiger partial charge in [-0.05, 0) is 37.1 Å². The summed E-state index contributed by atoms with van der Waals surface area (Å²) in [4.78, 5) is 27.5. The molecule has 3 atom stereocenters. The van der Waals surface area contributed by atoms with Gasteiger partial charge in [0, 0.05) is 33.4 Å². The first-order valence-electron chi connectivity index (χ1n) is 9.82. The summed E-state index contributed by atoms with van der Waals surface area (Å²) in [6.45, 7) is 5.60. The number of hydrogen-bond acceptors (Lipinski definition) is 4. The van der Waals surface area contributed by atoms with E-state index in [1.54, 1.807) is 42.5 Å². The van der Waals surface area contributed by atoms with E-state index in [1.165, 1.54) is 11.8 Å². The molecule has 0 aliphatic carbocycles. The minimum atomic E-state index is -1.89. The number of primary amides is 1. The van der Waals surface area contributed by atoms with E-state index < -0.39 is 29.4 Å². The molecule has 2 amide bonds. The number of amides is 2. The van der Waals surface area contributed by atoms with Crippen LogP contribution in [0.2, 0.25) is 10.0 Å². The van der Waals surface area contributed by atoms with Crippen LogP contribution in [-0.2, 0) is 14.3 Å². The standard InChI is InChI=1S/C23H23Cl2N3O3/c1-13(2)11-28-18-9-8-14(24)10-16(18)19(15-6-4-5-7-17(15)25)31-20(21(28)29)23(3,12-26)22(27)30/h4-10,13,19-20H,11H2,1-3H3,(H2,27,30)/t19-,20+,23?/m0/s1. The third-order valence-electron chi connectivity index (χ3n) is 5.33. The number of hydrogen-bond donors (Lipinski definition) is 1. The number of nitrogens with zero attached hydrogens (tertiary/aromatic N) is 2. The Morgan fingerprint density at radius 1 is 1.26 bits per heavy atom. The van der Waals surface area contributed by atoms with Crippen molar-refractivity contribution in [3.8, 4) is 6.07 Å². The molecule has 1 heterocycles. The van der Waals surface area contributed by atoms with E-state index in [0.717, 1.165) is 0 Å². The summed E-state index contributed by atoms with van der Waals surface area (Å²) in [5.74, 6) is -1.36. The largest absolute Gasteiger partial charge is 0.368 e. The number of nitriles is 1. The summed E-state index contributed by atoms with van der Waals surface area (Å²) in [5, 5.41) is 10.7. The topological polar surface area (TPSA) is 96.4 Å². The summed E-state index contributed by atoms with van der Waals surface area (Å²) < 4.78 is 6.24. The fourth-order valence-electron chi connectivity index (χ4n) is 3.62. The van der Waals surface area contributed by atoms with E-state index in [4.69, 9.17) is 33.7 Å². The average molecular weight is 460 g/mol. The number of fused-ring (bicyclic) bond motifs is 1. The van der Waals surface area contributed by atoms with Crippen molar-refractivity contribution in [3.05, 3.63) is 63.6 Å². The number of carbonyl (C=O) groups is 2. The Labute approximate surface area is 191 Å². The minimum Gasteiger partial charge on any atom is -0.368 e. The van der Waals surface area contributed by atoms with Gasteiger partial charge in [0.05, 0.1) is 6.07 Å². The lowest BCUT2D eigenvalue weighted by Crippen LogP contribution is -2.53. The molecule has 0 fully saturated rings. The zero-order valence-corrected chi connectivity index (χ0v) is 18.9. The fraction of sp³-hybridized carbons (Fsp3) is 0.348. The van der Waals surface area contributed by atoms with Gasteiger partial charge in [-0.25, -0.2) is 0 Å². The third-order valence-corrected chi connectivity index (χ3v) is 5.91. The number of benzene rings is 2. The molecule has 3 rings (SSSR count). The van der Waals surface area contributed by atoms with Gasteiger partial charge in [0.1, 0.15) is 6.10 Å². The number of ether oxygens (including phenoxy) is 1. The van der Waals surface area contributed by atoms with Crippen LogP contribution in [0.1, 0.15) is 38.0 Å². The van der Waals surface area contributed by atoms with Crippen LogP contribution in [-0.4, -0.2) is 24.5 Å². The van der Waals surface area contributed by atoms with Crippen molar-refractivity contribution in [2.75, 3.05) is 11.4 Å². The quantitative estimate of drug-likeness (QED) is 0.711. The van der Waals surface area contributed by atoms with Crippen LogP contribution in [0.15, 0.2) is 42.5 Å². The molecule has 31 heavy (non-hydrogen) atoms. The molecule has 0 aromatic heterocycles. The average Bonchev–Trinajstić information content (AvgIpc) is 2.83. The van der Waals surface area contributed by atoms with E-state index in [-0.39, 0.29) is 5.92 Å². The van der Waals surface area contributed by atoms with Crippen LogP contribution in [0.5, 0.6) is 0 Å². The summed E-state index contributed by atoms with van der Waals surface area (Å²) in [5.41, 5.74) is 5.45. The van der Waals surface area contributed by atoms with Crippen molar-refractivity contribution in [1.82, 2.24) is 0 Å². The molecule has 162 valence electrons. The van der Waals surface area contributed by atoms with Crippen LogP contribution in [0.3, 0.4) is 0 Å². The molecule has 1 aliphatic heterocycles. The lowest BCUT2D eigenvalue weighted by molar-refractivity contribution is -0.148. The Bertz CT molecular complexity index is 1070.